The summed E-state index contributed by atoms with van der Waals surface area (Å²) in [7, 11) is -3.39. The van der Waals surface area contributed by atoms with E-state index in [0.717, 1.165) is 36.8 Å². The predicted molar refractivity (Wildman–Crippen MR) is 125 cm³/mol. The molecule has 7 nitrogen and oxygen atoms in total. The molecule has 2 heterocycles. The van der Waals surface area contributed by atoms with Crippen LogP contribution in [0.15, 0.2) is 29.3 Å². The SMILES string of the molecule is CC(C)(C)C#Cc1cc(N[C@H]2CC[C@H](Oc3cccc(S(C)(=O)=O)n3)CC2)c(C(=O)O)s1. The maximum absolute atomic E-state index is 11.7. The molecular weight excluding hydrogens is 448 g/mol. The van der Waals surface area contributed by atoms with Gasteiger partial charge in [0.1, 0.15) is 11.0 Å². The average molecular weight is 477 g/mol. The Hall–Kier alpha value is -2.57. The Morgan fingerprint density at radius 2 is 1.94 bits per heavy atom. The van der Waals surface area contributed by atoms with Crippen LogP contribution in [-0.4, -0.2) is 42.9 Å². The second kappa shape index (κ2) is 9.51. The molecule has 0 bridgehead atoms. The first-order chi connectivity index (χ1) is 14.9. The molecule has 2 aromatic heterocycles. The second-order valence-corrected chi connectivity index (χ2v) is 12.0. The molecule has 1 fully saturated rings. The summed E-state index contributed by atoms with van der Waals surface area (Å²) in [5, 5.41) is 12.9. The van der Waals surface area contributed by atoms with Crippen molar-refractivity contribution < 1.29 is 23.1 Å². The second-order valence-electron chi connectivity index (χ2n) is 8.98. The first-order valence-electron chi connectivity index (χ1n) is 10.4. The standard InChI is InChI=1S/C23H28N2O5S2/c1-23(2,3)13-12-17-14-18(21(31-17)22(26)27)24-15-8-10-16(11-9-15)30-19-6-5-7-20(25-19)32(4,28)29/h5-7,14-16,24H,8-11H2,1-4H3,(H,26,27)/t15-,16-. The lowest BCUT2D eigenvalue weighted by molar-refractivity contribution is 0.0703. The van der Waals surface area contributed by atoms with E-state index >= 15 is 0 Å². The van der Waals surface area contributed by atoms with Gasteiger partial charge in [-0.3, -0.25) is 0 Å². The first kappa shape index (κ1) is 24.1. The molecule has 172 valence electrons. The molecule has 2 aromatic rings. The third-order valence-electron chi connectivity index (χ3n) is 4.89. The van der Waals surface area contributed by atoms with Crippen LogP contribution in [0, 0.1) is 17.3 Å². The number of carboxylic acid groups (broad SMARTS) is 1. The van der Waals surface area contributed by atoms with Gasteiger partial charge >= 0.3 is 5.97 Å². The first-order valence-corrected chi connectivity index (χ1v) is 13.1. The molecule has 0 spiro atoms. The fraction of sp³-hybridized carbons (Fsp3) is 0.478. The molecule has 2 N–H and O–H groups in total. The van der Waals surface area contributed by atoms with Gasteiger partial charge in [0.15, 0.2) is 14.9 Å². The van der Waals surface area contributed by atoms with Crippen molar-refractivity contribution in [3.05, 3.63) is 34.0 Å². The third-order valence-corrected chi connectivity index (χ3v) is 6.91. The smallest absolute Gasteiger partial charge is 0.348 e. The van der Waals surface area contributed by atoms with Gasteiger partial charge in [0.25, 0.3) is 0 Å². The minimum Gasteiger partial charge on any atom is -0.477 e. The van der Waals surface area contributed by atoms with Gasteiger partial charge in [-0.2, -0.15) is 0 Å². The number of ether oxygens (including phenoxy) is 1. The van der Waals surface area contributed by atoms with E-state index in [1.807, 2.05) is 26.8 Å². The molecule has 3 rings (SSSR count). The average Bonchev–Trinajstić information content (AvgIpc) is 3.10. The van der Waals surface area contributed by atoms with Gasteiger partial charge in [-0.05, 0) is 58.6 Å². The summed E-state index contributed by atoms with van der Waals surface area (Å²) in [6.45, 7) is 6.04. The number of carbonyl (C=O) groups is 1. The highest BCUT2D eigenvalue weighted by Crippen LogP contribution is 2.31. The number of hydrogen-bond donors (Lipinski definition) is 2. The van der Waals surface area contributed by atoms with E-state index in [1.54, 1.807) is 12.1 Å². The van der Waals surface area contributed by atoms with Gasteiger partial charge in [-0.25, -0.2) is 18.2 Å². The Labute approximate surface area is 193 Å². The number of carboxylic acids is 1. The highest BCUT2D eigenvalue weighted by atomic mass is 32.2. The number of nitrogens with one attached hydrogen (secondary N) is 1. The van der Waals surface area contributed by atoms with Crippen LogP contribution in [-0.2, 0) is 9.84 Å². The van der Waals surface area contributed by atoms with Crippen LogP contribution in [0.1, 0.15) is 61.0 Å². The van der Waals surface area contributed by atoms with Gasteiger partial charge < -0.3 is 15.2 Å². The molecule has 1 saturated carbocycles. The maximum Gasteiger partial charge on any atom is 0.348 e. The topological polar surface area (TPSA) is 106 Å². The predicted octanol–water partition coefficient (Wildman–Crippen LogP) is 4.44. The van der Waals surface area contributed by atoms with Crippen molar-refractivity contribution in [3.63, 3.8) is 0 Å². The molecular formula is C23H28N2O5S2. The number of sulfone groups is 1. The highest BCUT2D eigenvalue weighted by molar-refractivity contribution is 7.90. The van der Waals surface area contributed by atoms with E-state index in [0.29, 0.717) is 11.6 Å². The highest BCUT2D eigenvalue weighted by Gasteiger charge is 2.25. The number of aromatic carboxylic acids is 1. The zero-order chi connectivity index (χ0) is 23.5. The van der Waals surface area contributed by atoms with Crippen molar-refractivity contribution >= 4 is 32.8 Å². The van der Waals surface area contributed by atoms with E-state index < -0.39 is 15.8 Å². The molecule has 0 amide bonds. The molecule has 0 radical (unpaired) electrons. The Bertz CT molecular complexity index is 1150. The van der Waals surface area contributed by atoms with Crippen LogP contribution >= 0.6 is 11.3 Å². The summed E-state index contributed by atoms with van der Waals surface area (Å²) in [6.07, 6.45) is 4.16. The summed E-state index contributed by atoms with van der Waals surface area (Å²) >= 11 is 1.18. The van der Waals surface area contributed by atoms with Crippen LogP contribution in [0.25, 0.3) is 0 Å². The lowest BCUT2D eigenvalue weighted by Crippen LogP contribution is -2.31. The van der Waals surface area contributed by atoms with E-state index in [-0.39, 0.29) is 27.5 Å². The van der Waals surface area contributed by atoms with E-state index in [1.165, 1.54) is 17.4 Å². The molecule has 1 aliphatic rings. The van der Waals surface area contributed by atoms with Crippen molar-refractivity contribution in [2.75, 3.05) is 11.6 Å². The normalized spacial score (nSPS) is 19.0. The lowest BCUT2D eigenvalue weighted by atomic mass is 9.92. The zero-order valence-electron chi connectivity index (χ0n) is 18.6. The van der Waals surface area contributed by atoms with E-state index in [9.17, 15) is 18.3 Å². The molecule has 0 aromatic carbocycles. The Balaban J connectivity index is 1.62. The number of thiophene rings is 1. The van der Waals surface area contributed by atoms with Crippen LogP contribution in [0.3, 0.4) is 0 Å². The Morgan fingerprint density at radius 3 is 2.53 bits per heavy atom. The van der Waals surface area contributed by atoms with Gasteiger partial charge in [-0.15, -0.1) is 11.3 Å². The summed E-state index contributed by atoms with van der Waals surface area (Å²) in [5.41, 5.74) is 0.447. The third kappa shape index (κ3) is 6.71. The summed E-state index contributed by atoms with van der Waals surface area (Å²) < 4.78 is 29.3. The minimum absolute atomic E-state index is 0.00521. The fourth-order valence-corrected chi connectivity index (χ4v) is 4.75. The zero-order valence-corrected chi connectivity index (χ0v) is 20.3. The van der Waals surface area contributed by atoms with Crippen LogP contribution in [0.4, 0.5) is 5.69 Å². The number of hydrogen-bond acceptors (Lipinski definition) is 7. The molecule has 0 unspecified atom stereocenters. The monoisotopic (exact) mass is 476 g/mol. The van der Waals surface area contributed by atoms with Gasteiger partial charge in [0.2, 0.25) is 5.88 Å². The number of anilines is 1. The maximum atomic E-state index is 11.7. The van der Waals surface area contributed by atoms with Crippen molar-refractivity contribution in [2.45, 2.75) is 63.6 Å². The molecule has 32 heavy (non-hydrogen) atoms. The quantitative estimate of drug-likeness (QED) is 0.594. The molecule has 0 atom stereocenters. The molecule has 0 aliphatic heterocycles. The van der Waals surface area contributed by atoms with Gasteiger partial charge in [0, 0.05) is 23.8 Å². The lowest BCUT2D eigenvalue weighted by Gasteiger charge is -2.29. The van der Waals surface area contributed by atoms with Crippen LogP contribution < -0.4 is 10.1 Å². The van der Waals surface area contributed by atoms with Crippen molar-refractivity contribution in [3.8, 4) is 17.7 Å². The largest absolute Gasteiger partial charge is 0.477 e. The molecule has 0 saturated heterocycles. The Kier molecular flexibility index (Phi) is 7.16. The number of pyridine rings is 1. The Morgan fingerprint density at radius 1 is 1.25 bits per heavy atom. The van der Waals surface area contributed by atoms with E-state index in [4.69, 9.17) is 4.74 Å². The summed E-state index contributed by atoms with van der Waals surface area (Å²) in [4.78, 5) is 16.8. The molecule has 9 heteroatoms. The van der Waals surface area contributed by atoms with E-state index in [2.05, 4.69) is 22.1 Å². The number of nitrogens with zero attached hydrogens (tertiary/aromatic N) is 1. The van der Waals surface area contributed by atoms with Gasteiger partial charge in [0.05, 0.1) is 10.6 Å². The summed E-state index contributed by atoms with van der Waals surface area (Å²) in [6, 6.07) is 6.67. The van der Waals surface area contributed by atoms with Crippen molar-refractivity contribution in [1.29, 1.82) is 0 Å². The van der Waals surface area contributed by atoms with Crippen LogP contribution in [0.2, 0.25) is 0 Å². The number of aromatic nitrogens is 1. The van der Waals surface area contributed by atoms with Crippen molar-refractivity contribution in [2.24, 2.45) is 5.41 Å². The van der Waals surface area contributed by atoms with Gasteiger partial charge in [-0.1, -0.05) is 17.9 Å². The minimum atomic E-state index is -3.39. The summed E-state index contributed by atoms with van der Waals surface area (Å²) in [5.74, 6) is 5.57. The fourth-order valence-electron chi connectivity index (χ4n) is 3.35. The van der Waals surface area contributed by atoms with Crippen molar-refractivity contribution in [1.82, 2.24) is 4.98 Å². The molecule has 1 aliphatic carbocycles. The number of rotatable bonds is 6. The van der Waals surface area contributed by atoms with Crippen LogP contribution in [0.5, 0.6) is 5.88 Å².